The number of nitrogens with zero attached hydrogens (tertiary/aromatic N) is 1. The summed E-state index contributed by atoms with van der Waals surface area (Å²) in [5, 5.41) is 0. The SMILES string of the molecule is C[C@@H](N=Cc1ccc(-c2ccccc2)cc1)c1ccccc1. The van der Waals surface area contributed by atoms with Gasteiger partial charge in [0.15, 0.2) is 0 Å². The van der Waals surface area contributed by atoms with E-state index in [-0.39, 0.29) is 6.04 Å². The van der Waals surface area contributed by atoms with E-state index in [4.69, 9.17) is 0 Å². The highest BCUT2D eigenvalue weighted by atomic mass is 14.8. The zero-order valence-electron chi connectivity index (χ0n) is 12.7. The van der Waals surface area contributed by atoms with Crippen molar-refractivity contribution in [3.05, 3.63) is 96.1 Å². The molecule has 3 aromatic carbocycles. The first-order chi connectivity index (χ1) is 10.8. The summed E-state index contributed by atoms with van der Waals surface area (Å²) in [5.41, 5.74) is 4.83. The molecule has 0 aliphatic rings. The second-order valence-electron chi connectivity index (χ2n) is 5.35. The Balaban J connectivity index is 1.72. The van der Waals surface area contributed by atoms with Gasteiger partial charge in [0.25, 0.3) is 0 Å². The van der Waals surface area contributed by atoms with Gasteiger partial charge in [0.2, 0.25) is 0 Å². The number of rotatable bonds is 4. The van der Waals surface area contributed by atoms with E-state index in [0.29, 0.717) is 0 Å². The van der Waals surface area contributed by atoms with Crippen LogP contribution in [0.25, 0.3) is 11.1 Å². The van der Waals surface area contributed by atoms with Gasteiger partial charge in [-0.2, -0.15) is 0 Å². The van der Waals surface area contributed by atoms with Crippen LogP contribution in [0, 0.1) is 0 Å². The van der Waals surface area contributed by atoms with Gasteiger partial charge in [0.05, 0.1) is 6.04 Å². The second-order valence-corrected chi connectivity index (χ2v) is 5.35. The van der Waals surface area contributed by atoms with Gasteiger partial charge in [-0.05, 0) is 29.2 Å². The fourth-order valence-electron chi connectivity index (χ4n) is 2.41. The summed E-state index contributed by atoms with van der Waals surface area (Å²) in [4.78, 5) is 4.64. The third-order valence-electron chi connectivity index (χ3n) is 3.75. The first-order valence-corrected chi connectivity index (χ1v) is 7.56. The summed E-state index contributed by atoms with van der Waals surface area (Å²) in [6.45, 7) is 2.12. The summed E-state index contributed by atoms with van der Waals surface area (Å²) in [6.07, 6.45) is 1.95. The maximum Gasteiger partial charge on any atom is 0.0721 e. The fourth-order valence-corrected chi connectivity index (χ4v) is 2.41. The number of hydrogen-bond donors (Lipinski definition) is 0. The van der Waals surface area contributed by atoms with E-state index in [1.165, 1.54) is 16.7 Å². The molecule has 1 atom stereocenters. The molecule has 0 saturated heterocycles. The van der Waals surface area contributed by atoms with Gasteiger partial charge in [-0.15, -0.1) is 0 Å². The van der Waals surface area contributed by atoms with Crippen LogP contribution < -0.4 is 0 Å². The Kier molecular flexibility index (Phi) is 4.45. The van der Waals surface area contributed by atoms with E-state index in [1.807, 2.05) is 18.3 Å². The molecular weight excluding hydrogens is 266 g/mol. The van der Waals surface area contributed by atoms with Crippen LogP contribution in [0.1, 0.15) is 24.1 Å². The van der Waals surface area contributed by atoms with Crippen molar-refractivity contribution >= 4 is 6.21 Å². The summed E-state index contributed by atoms with van der Waals surface area (Å²) in [5.74, 6) is 0. The molecule has 3 aromatic rings. The Bertz CT molecular complexity index is 728. The lowest BCUT2D eigenvalue weighted by Gasteiger charge is -2.06. The van der Waals surface area contributed by atoms with Gasteiger partial charge in [-0.25, -0.2) is 0 Å². The van der Waals surface area contributed by atoms with E-state index in [1.54, 1.807) is 0 Å². The molecule has 0 N–H and O–H groups in total. The first-order valence-electron chi connectivity index (χ1n) is 7.56. The van der Waals surface area contributed by atoms with Crippen molar-refractivity contribution in [2.24, 2.45) is 4.99 Å². The van der Waals surface area contributed by atoms with Crippen LogP contribution in [0.3, 0.4) is 0 Å². The first kappa shape index (κ1) is 14.3. The van der Waals surface area contributed by atoms with Gasteiger partial charge >= 0.3 is 0 Å². The highest BCUT2D eigenvalue weighted by molar-refractivity contribution is 5.81. The van der Waals surface area contributed by atoms with Gasteiger partial charge < -0.3 is 0 Å². The fraction of sp³-hybridized carbons (Fsp3) is 0.0952. The van der Waals surface area contributed by atoms with Crippen LogP contribution in [-0.4, -0.2) is 6.21 Å². The van der Waals surface area contributed by atoms with Crippen LogP contribution in [0.4, 0.5) is 0 Å². The normalized spacial score (nSPS) is 12.4. The molecule has 0 unspecified atom stereocenters. The number of benzene rings is 3. The van der Waals surface area contributed by atoms with Crippen LogP contribution in [0.2, 0.25) is 0 Å². The van der Waals surface area contributed by atoms with Crippen LogP contribution in [-0.2, 0) is 0 Å². The topological polar surface area (TPSA) is 12.4 Å². The predicted octanol–water partition coefficient (Wildman–Crippen LogP) is 5.53. The minimum Gasteiger partial charge on any atom is -0.285 e. The summed E-state index contributed by atoms with van der Waals surface area (Å²) < 4.78 is 0. The predicted molar refractivity (Wildman–Crippen MR) is 94.3 cm³/mol. The molecule has 108 valence electrons. The van der Waals surface area contributed by atoms with Crippen molar-refractivity contribution in [3.8, 4) is 11.1 Å². The lowest BCUT2D eigenvalue weighted by molar-refractivity contribution is 0.825. The minimum absolute atomic E-state index is 0.176. The molecule has 1 nitrogen and oxygen atoms in total. The Morgan fingerprint density at radius 1 is 0.682 bits per heavy atom. The average molecular weight is 285 g/mol. The minimum atomic E-state index is 0.176. The zero-order chi connectivity index (χ0) is 15.2. The Hall–Kier alpha value is -2.67. The highest BCUT2D eigenvalue weighted by Crippen LogP contribution is 2.19. The van der Waals surface area contributed by atoms with Crippen molar-refractivity contribution in [1.82, 2.24) is 0 Å². The summed E-state index contributed by atoms with van der Waals surface area (Å²) in [7, 11) is 0. The average Bonchev–Trinajstić information content (AvgIpc) is 2.61. The third-order valence-corrected chi connectivity index (χ3v) is 3.75. The van der Waals surface area contributed by atoms with E-state index >= 15 is 0 Å². The van der Waals surface area contributed by atoms with Crippen molar-refractivity contribution in [1.29, 1.82) is 0 Å². The lowest BCUT2D eigenvalue weighted by atomic mass is 10.0. The van der Waals surface area contributed by atoms with E-state index < -0.39 is 0 Å². The van der Waals surface area contributed by atoms with Gasteiger partial charge in [-0.3, -0.25) is 4.99 Å². The largest absolute Gasteiger partial charge is 0.285 e. The van der Waals surface area contributed by atoms with Crippen molar-refractivity contribution in [2.75, 3.05) is 0 Å². The second kappa shape index (κ2) is 6.86. The Morgan fingerprint density at radius 2 is 1.23 bits per heavy atom. The highest BCUT2D eigenvalue weighted by Gasteiger charge is 2.01. The molecule has 0 radical (unpaired) electrons. The van der Waals surface area contributed by atoms with Crippen LogP contribution in [0.15, 0.2) is 89.9 Å². The molecule has 0 amide bonds. The van der Waals surface area contributed by atoms with Gasteiger partial charge in [0, 0.05) is 6.21 Å². The molecule has 0 fully saturated rings. The summed E-state index contributed by atoms with van der Waals surface area (Å²) in [6, 6.07) is 29.5. The molecule has 0 saturated carbocycles. The van der Waals surface area contributed by atoms with Crippen molar-refractivity contribution in [2.45, 2.75) is 13.0 Å². The van der Waals surface area contributed by atoms with Gasteiger partial charge in [0.1, 0.15) is 0 Å². The summed E-state index contributed by atoms with van der Waals surface area (Å²) >= 11 is 0. The van der Waals surface area contributed by atoms with Crippen LogP contribution >= 0.6 is 0 Å². The van der Waals surface area contributed by atoms with Crippen molar-refractivity contribution < 1.29 is 0 Å². The van der Waals surface area contributed by atoms with E-state index in [9.17, 15) is 0 Å². The molecule has 0 aliphatic carbocycles. The molecular formula is C21H19N. The zero-order valence-corrected chi connectivity index (χ0v) is 12.7. The molecule has 0 aliphatic heterocycles. The Morgan fingerprint density at radius 3 is 1.86 bits per heavy atom. The van der Waals surface area contributed by atoms with Gasteiger partial charge in [-0.1, -0.05) is 84.9 Å². The Labute approximate surface area is 132 Å². The standard InChI is InChI=1S/C21H19N/c1-17(19-8-4-2-5-9-19)22-16-18-12-14-21(15-13-18)20-10-6-3-7-11-20/h2-17H,1H3/t17-/m1/s1. The molecule has 22 heavy (non-hydrogen) atoms. The number of aliphatic imine (C=N–C) groups is 1. The molecule has 1 heteroatoms. The smallest absolute Gasteiger partial charge is 0.0721 e. The molecule has 0 bridgehead atoms. The third kappa shape index (κ3) is 3.50. The molecule has 3 rings (SSSR count). The molecule has 0 spiro atoms. The van der Waals surface area contributed by atoms with Crippen molar-refractivity contribution in [3.63, 3.8) is 0 Å². The van der Waals surface area contributed by atoms with E-state index in [2.05, 4.69) is 84.7 Å². The molecule has 0 aromatic heterocycles. The quantitative estimate of drug-likeness (QED) is 0.559. The maximum atomic E-state index is 4.64. The molecule has 0 heterocycles. The maximum absolute atomic E-state index is 4.64. The lowest BCUT2D eigenvalue weighted by Crippen LogP contribution is -1.90. The monoisotopic (exact) mass is 285 g/mol. The van der Waals surface area contributed by atoms with Crippen LogP contribution in [0.5, 0.6) is 0 Å². The van der Waals surface area contributed by atoms with E-state index in [0.717, 1.165) is 5.56 Å². The number of hydrogen-bond acceptors (Lipinski definition) is 1.